The van der Waals surface area contributed by atoms with Gasteiger partial charge < -0.3 is 5.73 Å². The SMILES string of the molecule is NCc1cccc(S(=O)(=O)N2CCCSCC2)c1. The highest BCUT2D eigenvalue weighted by molar-refractivity contribution is 7.99. The van der Waals surface area contributed by atoms with Crippen LogP contribution in [0.2, 0.25) is 0 Å². The molecule has 100 valence electrons. The lowest BCUT2D eigenvalue weighted by molar-refractivity contribution is 0.435. The van der Waals surface area contributed by atoms with Crippen LogP contribution in [0, 0.1) is 0 Å². The molecule has 0 spiro atoms. The van der Waals surface area contributed by atoms with E-state index in [1.807, 2.05) is 17.8 Å². The van der Waals surface area contributed by atoms with Crippen LogP contribution in [0.1, 0.15) is 12.0 Å². The Morgan fingerprint density at radius 1 is 1.28 bits per heavy atom. The second-order valence-corrected chi connectivity index (χ2v) is 7.38. The zero-order chi connectivity index (χ0) is 13.0. The Bertz CT molecular complexity index is 495. The molecule has 0 saturated carbocycles. The van der Waals surface area contributed by atoms with Gasteiger partial charge in [0.15, 0.2) is 0 Å². The summed E-state index contributed by atoms with van der Waals surface area (Å²) >= 11 is 1.81. The summed E-state index contributed by atoms with van der Waals surface area (Å²) in [5, 5.41) is 0. The number of rotatable bonds is 3. The molecule has 0 radical (unpaired) electrons. The summed E-state index contributed by atoms with van der Waals surface area (Å²) in [6.07, 6.45) is 0.917. The molecule has 6 heteroatoms. The van der Waals surface area contributed by atoms with E-state index < -0.39 is 10.0 Å². The van der Waals surface area contributed by atoms with Crippen LogP contribution >= 0.6 is 11.8 Å². The minimum atomic E-state index is -3.35. The van der Waals surface area contributed by atoms with Crippen molar-refractivity contribution in [2.24, 2.45) is 5.73 Å². The fraction of sp³-hybridized carbons (Fsp3) is 0.500. The summed E-state index contributed by atoms with van der Waals surface area (Å²) in [5.74, 6) is 1.91. The van der Waals surface area contributed by atoms with Gasteiger partial charge in [0, 0.05) is 25.4 Å². The molecule has 1 saturated heterocycles. The lowest BCUT2D eigenvalue weighted by Crippen LogP contribution is -2.33. The topological polar surface area (TPSA) is 63.4 Å². The highest BCUT2D eigenvalue weighted by Gasteiger charge is 2.25. The molecule has 1 aromatic rings. The molecule has 1 aliphatic heterocycles. The summed E-state index contributed by atoms with van der Waals surface area (Å²) in [6, 6.07) is 6.92. The Morgan fingerprint density at radius 3 is 2.89 bits per heavy atom. The largest absolute Gasteiger partial charge is 0.326 e. The monoisotopic (exact) mass is 286 g/mol. The second kappa shape index (κ2) is 6.06. The van der Waals surface area contributed by atoms with Crippen molar-refractivity contribution >= 4 is 21.8 Å². The summed E-state index contributed by atoms with van der Waals surface area (Å²) < 4.78 is 26.6. The van der Waals surface area contributed by atoms with Gasteiger partial charge in [0.2, 0.25) is 10.0 Å². The molecule has 2 N–H and O–H groups in total. The maximum absolute atomic E-state index is 12.5. The maximum Gasteiger partial charge on any atom is 0.243 e. The van der Waals surface area contributed by atoms with Gasteiger partial charge in [-0.25, -0.2) is 8.42 Å². The second-order valence-electron chi connectivity index (χ2n) is 4.22. The van der Waals surface area contributed by atoms with Gasteiger partial charge in [-0.2, -0.15) is 16.1 Å². The quantitative estimate of drug-likeness (QED) is 0.909. The van der Waals surface area contributed by atoms with Gasteiger partial charge in [-0.05, 0) is 29.9 Å². The third-order valence-corrected chi connectivity index (χ3v) is 5.90. The molecule has 0 amide bonds. The number of nitrogens with two attached hydrogens (primary N) is 1. The van der Waals surface area contributed by atoms with E-state index in [1.54, 1.807) is 22.5 Å². The molecular weight excluding hydrogens is 268 g/mol. The summed E-state index contributed by atoms with van der Waals surface area (Å²) in [4.78, 5) is 0.359. The Balaban J connectivity index is 2.28. The molecule has 1 heterocycles. The average molecular weight is 286 g/mol. The smallest absolute Gasteiger partial charge is 0.243 e. The molecule has 1 aliphatic rings. The number of sulfonamides is 1. The van der Waals surface area contributed by atoms with Crippen molar-refractivity contribution in [1.82, 2.24) is 4.31 Å². The van der Waals surface area contributed by atoms with Crippen molar-refractivity contribution in [2.75, 3.05) is 24.6 Å². The van der Waals surface area contributed by atoms with E-state index in [0.717, 1.165) is 23.5 Å². The van der Waals surface area contributed by atoms with Gasteiger partial charge in [-0.15, -0.1) is 0 Å². The zero-order valence-corrected chi connectivity index (χ0v) is 11.8. The first-order valence-electron chi connectivity index (χ1n) is 6.01. The summed E-state index contributed by atoms with van der Waals surface area (Å²) in [7, 11) is -3.35. The predicted octanol–water partition coefficient (Wildman–Crippen LogP) is 1.27. The normalized spacial score (nSPS) is 18.5. The van der Waals surface area contributed by atoms with Crippen molar-refractivity contribution in [3.05, 3.63) is 29.8 Å². The van der Waals surface area contributed by atoms with Crippen LogP contribution in [0.25, 0.3) is 0 Å². The Hall–Kier alpha value is -0.560. The van der Waals surface area contributed by atoms with Crippen LogP contribution < -0.4 is 5.73 Å². The first kappa shape index (κ1) is 13.9. The van der Waals surface area contributed by atoms with Crippen molar-refractivity contribution in [2.45, 2.75) is 17.9 Å². The average Bonchev–Trinajstić information content (AvgIpc) is 2.68. The molecule has 0 aromatic heterocycles. The van der Waals surface area contributed by atoms with Crippen LogP contribution in [0.3, 0.4) is 0 Å². The standard InChI is InChI=1S/C12H18N2O2S2/c13-10-11-3-1-4-12(9-11)18(15,16)14-5-2-7-17-8-6-14/h1,3-4,9H,2,5-8,10,13H2. The molecule has 0 bridgehead atoms. The van der Waals surface area contributed by atoms with E-state index >= 15 is 0 Å². The first-order chi connectivity index (χ1) is 8.64. The lowest BCUT2D eigenvalue weighted by Gasteiger charge is -2.19. The van der Waals surface area contributed by atoms with E-state index in [1.165, 1.54) is 0 Å². The number of hydrogen-bond acceptors (Lipinski definition) is 4. The molecule has 0 aliphatic carbocycles. The third-order valence-electron chi connectivity index (χ3n) is 2.95. The van der Waals surface area contributed by atoms with Crippen LogP contribution in [-0.4, -0.2) is 37.3 Å². The minimum Gasteiger partial charge on any atom is -0.326 e. The number of hydrogen-bond donors (Lipinski definition) is 1. The third kappa shape index (κ3) is 3.06. The number of benzene rings is 1. The van der Waals surface area contributed by atoms with Gasteiger partial charge in [-0.3, -0.25) is 0 Å². The van der Waals surface area contributed by atoms with Crippen molar-refractivity contribution in [3.8, 4) is 0 Å². The van der Waals surface area contributed by atoms with Crippen LogP contribution in [-0.2, 0) is 16.6 Å². The molecule has 0 atom stereocenters. The highest BCUT2D eigenvalue weighted by Crippen LogP contribution is 2.20. The van der Waals surface area contributed by atoms with Crippen molar-refractivity contribution in [1.29, 1.82) is 0 Å². The van der Waals surface area contributed by atoms with Crippen LogP contribution in [0.4, 0.5) is 0 Å². The summed E-state index contributed by atoms with van der Waals surface area (Å²) in [5.41, 5.74) is 6.40. The van der Waals surface area contributed by atoms with E-state index in [-0.39, 0.29) is 0 Å². The number of nitrogens with zero attached hydrogens (tertiary/aromatic N) is 1. The lowest BCUT2D eigenvalue weighted by atomic mass is 10.2. The van der Waals surface area contributed by atoms with Gasteiger partial charge in [0.1, 0.15) is 0 Å². The van der Waals surface area contributed by atoms with E-state index in [0.29, 0.717) is 24.5 Å². The molecule has 0 unspecified atom stereocenters. The summed E-state index contributed by atoms with van der Waals surface area (Å²) in [6.45, 7) is 1.57. The van der Waals surface area contributed by atoms with E-state index in [9.17, 15) is 8.42 Å². The van der Waals surface area contributed by atoms with Crippen LogP contribution in [0.15, 0.2) is 29.2 Å². The van der Waals surface area contributed by atoms with Gasteiger partial charge in [0.05, 0.1) is 4.90 Å². The molecule has 2 rings (SSSR count). The zero-order valence-electron chi connectivity index (χ0n) is 10.2. The van der Waals surface area contributed by atoms with Crippen molar-refractivity contribution in [3.63, 3.8) is 0 Å². The predicted molar refractivity (Wildman–Crippen MR) is 75.0 cm³/mol. The van der Waals surface area contributed by atoms with Crippen molar-refractivity contribution < 1.29 is 8.42 Å². The van der Waals surface area contributed by atoms with Gasteiger partial charge in [-0.1, -0.05) is 12.1 Å². The molecular formula is C12H18N2O2S2. The minimum absolute atomic E-state index is 0.359. The first-order valence-corrected chi connectivity index (χ1v) is 8.61. The molecule has 4 nitrogen and oxygen atoms in total. The van der Waals surface area contributed by atoms with E-state index in [2.05, 4.69) is 0 Å². The molecule has 1 fully saturated rings. The van der Waals surface area contributed by atoms with Gasteiger partial charge in [0.25, 0.3) is 0 Å². The fourth-order valence-electron chi connectivity index (χ4n) is 1.95. The number of thioether (sulfide) groups is 1. The van der Waals surface area contributed by atoms with E-state index in [4.69, 9.17) is 5.73 Å². The highest BCUT2D eigenvalue weighted by atomic mass is 32.2. The fourth-order valence-corrected chi connectivity index (χ4v) is 4.50. The maximum atomic E-state index is 12.5. The Morgan fingerprint density at radius 2 is 2.11 bits per heavy atom. The van der Waals surface area contributed by atoms with Gasteiger partial charge >= 0.3 is 0 Å². The molecule has 1 aromatic carbocycles. The Labute approximate surface area is 113 Å². The Kier molecular flexibility index (Phi) is 4.66. The molecule has 18 heavy (non-hydrogen) atoms. The van der Waals surface area contributed by atoms with Crippen LogP contribution in [0.5, 0.6) is 0 Å².